The highest BCUT2D eigenvalue weighted by atomic mass is 15.3. The molecule has 0 amide bonds. The van der Waals surface area contributed by atoms with E-state index in [1.807, 2.05) is 11.7 Å². The Hall–Kier alpha value is -1.68. The lowest BCUT2D eigenvalue weighted by Crippen LogP contribution is -2.25. The van der Waals surface area contributed by atoms with Gasteiger partial charge in [-0.3, -0.25) is 4.68 Å². The van der Waals surface area contributed by atoms with Crippen LogP contribution in [0.5, 0.6) is 0 Å². The third kappa shape index (κ3) is 3.67. The van der Waals surface area contributed by atoms with Gasteiger partial charge in [-0.2, -0.15) is 5.10 Å². The molecule has 1 atom stereocenters. The van der Waals surface area contributed by atoms with Crippen molar-refractivity contribution < 1.29 is 0 Å². The van der Waals surface area contributed by atoms with E-state index in [0.29, 0.717) is 6.04 Å². The minimum atomic E-state index is 0.295. The summed E-state index contributed by atoms with van der Waals surface area (Å²) in [6, 6.07) is 9.17. The number of aromatic nitrogens is 3. The quantitative estimate of drug-likeness (QED) is 0.842. The van der Waals surface area contributed by atoms with Crippen LogP contribution in [0.25, 0.3) is 0 Å². The molecule has 0 fully saturated rings. The summed E-state index contributed by atoms with van der Waals surface area (Å²) >= 11 is 0. The summed E-state index contributed by atoms with van der Waals surface area (Å²) in [4.78, 5) is 4.33. The minimum Gasteiger partial charge on any atom is -0.310 e. The van der Waals surface area contributed by atoms with E-state index in [9.17, 15) is 0 Å². The number of hydrogen-bond acceptors (Lipinski definition) is 3. The van der Waals surface area contributed by atoms with Crippen LogP contribution in [0.15, 0.2) is 30.6 Å². The molecule has 0 saturated carbocycles. The van der Waals surface area contributed by atoms with Crippen LogP contribution in [0, 0.1) is 0 Å². The first-order valence-corrected chi connectivity index (χ1v) is 7.39. The Morgan fingerprint density at radius 1 is 1.20 bits per heavy atom. The zero-order valence-corrected chi connectivity index (χ0v) is 12.6. The van der Waals surface area contributed by atoms with Crippen molar-refractivity contribution in [3.8, 4) is 0 Å². The van der Waals surface area contributed by atoms with Gasteiger partial charge in [-0.25, -0.2) is 4.98 Å². The molecule has 1 heterocycles. The second-order valence-corrected chi connectivity index (χ2v) is 5.11. The van der Waals surface area contributed by atoms with Gasteiger partial charge in [-0.15, -0.1) is 0 Å². The standard InChI is InChI=1S/C16H24N4/c1-4-10-17-15(11-16-18-12-19-20(16)3)14-8-6-13(5-2)7-9-14/h6-9,12,15,17H,4-5,10-11H2,1-3H3. The van der Waals surface area contributed by atoms with Crippen LogP contribution in [0.3, 0.4) is 0 Å². The van der Waals surface area contributed by atoms with Crippen molar-refractivity contribution in [2.45, 2.75) is 39.2 Å². The summed E-state index contributed by atoms with van der Waals surface area (Å²) in [5, 5.41) is 7.76. The molecule has 2 rings (SSSR count). The van der Waals surface area contributed by atoms with E-state index in [0.717, 1.165) is 31.6 Å². The van der Waals surface area contributed by atoms with Crippen LogP contribution in [0.4, 0.5) is 0 Å². The summed E-state index contributed by atoms with van der Waals surface area (Å²) in [6.07, 6.45) is 4.69. The fraction of sp³-hybridized carbons (Fsp3) is 0.500. The van der Waals surface area contributed by atoms with Crippen molar-refractivity contribution in [3.05, 3.63) is 47.5 Å². The van der Waals surface area contributed by atoms with Gasteiger partial charge in [0.05, 0.1) is 0 Å². The van der Waals surface area contributed by atoms with Gasteiger partial charge >= 0.3 is 0 Å². The van der Waals surface area contributed by atoms with Gasteiger partial charge in [0, 0.05) is 19.5 Å². The summed E-state index contributed by atoms with van der Waals surface area (Å²) in [5.41, 5.74) is 2.69. The van der Waals surface area contributed by atoms with E-state index in [1.54, 1.807) is 6.33 Å². The van der Waals surface area contributed by atoms with Gasteiger partial charge in [-0.05, 0) is 30.5 Å². The number of nitrogens with zero attached hydrogens (tertiary/aromatic N) is 3. The molecular weight excluding hydrogens is 248 g/mol. The molecule has 1 unspecified atom stereocenters. The molecule has 4 heteroatoms. The highest BCUT2D eigenvalue weighted by molar-refractivity contribution is 5.25. The average molecular weight is 272 g/mol. The number of aryl methyl sites for hydroxylation is 2. The Kier molecular flexibility index (Phi) is 5.30. The second kappa shape index (κ2) is 7.20. The topological polar surface area (TPSA) is 42.7 Å². The van der Waals surface area contributed by atoms with Crippen LogP contribution in [-0.4, -0.2) is 21.3 Å². The molecule has 1 aromatic carbocycles. The number of nitrogens with one attached hydrogen (secondary N) is 1. The Bertz CT molecular complexity index is 516. The van der Waals surface area contributed by atoms with Gasteiger partial charge in [0.25, 0.3) is 0 Å². The zero-order chi connectivity index (χ0) is 14.4. The summed E-state index contributed by atoms with van der Waals surface area (Å²) < 4.78 is 1.85. The SMILES string of the molecule is CCCNC(Cc1ncnn1C)c1ccc(CC)cc1. The molecule has 0 saturated heterocycles. The summed E-state index contributed by atoms with van der Waals surface area (Å²) in [7, 11) is 1.94. The van der Waals surface area contributed by atoms with Crippen LogP contribution in [0.1, 0.15) is 43.3 Å². The predicted octanol–water partition coefficient (Wildman–Crippen LogP) is 2.66. The van der Waals surface area contributed by atoms with E-state index < -0.39 is 0 Å². The van der Waals surface area contributed by atoms with E-state index in [2.05, 4.69) is 53.5 Å². The maximum Gasteiger partial charge on any atom is 0.138 e. The number of benzene rings is 1. The van der Waals surface area contributed by atoms with Crippen molar-refractivity contribution >= 4 is 0 Å². The van der Waals surface area contributed by atoms with E-state index >= 15 is 0 Å². The molecule has 0 spiro atoms. The largest absolute Gasteiger partial charge is 0.310 e. The maximum absolute atomic E-state index is 4.33. The summed E-state index contributed by atoms with van der Waals surface area (Å²) in [5.74, 6) is 1.01. The maximum atomic E-state index is 4.33. The predicted molar refractivity (Wildman–Crippen MR) is 81.6 cm³/mol. The van der Waals surface area contributed by atoms with Crippen molar-refractivity contribution in [2.75, 3.05) is 6.54 Å². The first kappa shape index (κ1) is 14.7. The molecule has 20 heavy (non-hydrogen) atoms. The lowest BCUT2D eigenvalue weighted by Gasteiger charge is -2.19. The minimum absolute atomic E-state index is 0.295. The van der Waals surface area contributed by atoms with Crippen LogP contribution in [-0.2, 0) is 19.9 Å². The molecule has 0 aliphatic rings. The highest BCUT2D eigenvalue weighted by Crippen LogP contribution is 2.18. The van der Waals surface area contributed by atoms with E-state index in [4.69, 9.17) is 0 Å². The Morgan fingerprint density at radius 2 is 1.95 bits per heavy atom. The van der Waals surface area contributed by atoms with Crippen molar-refractivity contribution in [1.29, 1.82) is 0 Å². The average Bonchev–Trinajstić information content (AvgIpc) is 2.89. The highest BCUT2D eigenvalue weighted by Gasteiger charge is 2.14. The first-order chi connectivity index (χ1) is 9.74. The van der Waals surface area contributed by atoms with E-state index in [-0.39, 0.29) is 0 Å². The fourth-order valence-corrected chi connectivity index (χ4v) is 2.30. The van der Waals surface area contributed by atoms with Crippen LogP contribution < -0.4 is 5.32 Å². The number of hydrogen-bond donors (Lipinski definition) is 1. The van der Waals surface area contributed by atoms with Gasteiger partial charge < -0.3 is 5.32 Å². The lowest BCUT2D eigenvalue weighted by atomic mass is 10.0. The van der Waals surface area contributed by atoms with Crippen LogP contribution >= 0.6 is 0 Å². The molecule has 108 valence electrons. The lowest BCUT2D eigenvalue weighted by molar-refractivity contribution is 0.506. The molecule has 0 aliphatic heterocycles. The molecule has 0 bridgehead atoms. The van der Waals surface area contributed by atoms with Gasteiger partial charge in [-0.1, -0.05) is 38.1 Å². The Balaban J connectivity index is 2.15. The molecule has 1 aromatic heterocycles. The smallest absolute Gasteiger partial charge is 0.138 e. The zero-order valence-electron chi connectivity index (χ0n) is 12.6. The molecule has 1 N–H and O–H groups in total. The van der Waals surface area contributed by atoms with Gasteiger partial charge in [0.2, 0.25) is 0 Å². The number of rotatable bonds is 7. The molecule has 0 radical (unpaired) electrons. The third-order valence-corrected chi connectivity index (χ3v) is 3.62. The molecular formula is C16H24N4. The normalized spacial score (nSPS) is 12.6. The third-order valence-electron chi connectivity index (χ3n) is 3.62. The molecule has 0 aliphatic carbocycles. The Labute approximate surface area is 121 Å². The van der Waals surface area contributed by atoms with Crippen LogP contribution in [0.2, 0.25) is 0 Å². The summed E-state index contributed by atoms with van der Waals surface area (Å²) in [6.45, 7) is 5.38. The van der Waals surface area contributed by atoms with Gasteiger partial charge in [0.1, 0.15) is 12.2 Å². The Morgan fingerprint density at radius 3 is 2.50 bits per heavy atom. The van der Waals surface area contributed by atoms with Crippen molar-refractivity contribution in [1.82, 2.24) is 20.1 Å². The second-order valence-electron chi connectivity index (χ2n) is 5.11. The van der Waals surface area contributed by atoms with Crippen molar-refractivity contribution in [2.24, 2.45) is 7.05 Å². The van der Waals surface area contributed by atoms with Gasteiger partial charge in [0.15, 0.2) is 0 Å². The fourth-order valence-electron chi connectivity index (χ4n) is 2.30. The molecule has 2 aromatic rings. The van der Waals surface area contributed by atoms with E-state index in [1.165, 1.54) is 11.1 Å². The monoisotopic (exact) mass is 272 g/mol. The molecule has 4 nitrogen and oxygen atoms in total. The first-order valence-electron chi connectivity index (χ1n) is 7.39. The van der Waals surface area contributed by atoms with Crippen molar-refractivity contribution in [3.63, 3.8) is 0 Å².